The van der Waals surface area contributed by atoms with E-state index in [1.807, 2.05) is 31.2 Å². The van der Waals surface area contributed by atoms with Gasteiger partial charge >= 0.3 is 0 Å². The molecule has 0 aliphatic heterocycles. The van der Waals surface area contributed by atoms with Crippen LogP contribution in [0.15, 0.2) is 59.7 Å². The molecule has 5 nitrogen and oxygen atoms in total. The molecule has 0 saturated carbocycles. The quantitative estimate of drug-likeness (QED) is 0.761. The van der Waals surface area contributed by atoms with Crippen molar-refractivity contribution in [1.82, 2.24) is 9.55 Å². The third kappa shape index (κ3) is 4.15. The Morgan fingerprint density at radius 1 is 1.19 bits per heavy atom. The van der Waals surface area contributed by atoms with Gasteiger partial charge in [-0.2, -0.15) is 0 Å². The first-order valence-corrected chi connectivity index (χ1v) is 8.18. The fraction of sp³-hybridized carbons (Fsp3) is 0.105. The molecule has 132 valence electrons. The maximum atomic E-state index is 13.1. The highest BCUT2D eigenvalue weighted by atomic mass is 35.5. The van der Waals surface area contributed by atoms with E-state index in [1.165, 1.54) is 29.1 Å². The lowest BCUT2D eigenvalue weighted by Gasteiger charge is -2.08. The Hall–Kier alpha value is -2.99. The highest BCUT2D eigenvalue weighted by Gasteiger charge is 2.09. The van der Waals surface area contributed by atoms with Crippen LogP contribution in [-0.2, 0) is 11.3 Å². The molecule has 1 amide bonds. The molecule has 1 heterocycles. The fourth-order valence-electron chi connectivity index (χ4n) is 2.36. The van der Waals surface area contributed by atoms with Gasteiger partial charge in [-0.3, -0.25) is 14.2 Å². The first-order valence-electron chi connectivity index (χ1n) is 7.81. The Morgan fingerprint density at radius 2 is 1.92 bits per heavy atom. The number of halogens is 2. The van der Waals surface area contributed by atoms with E-state index in [4.69, 9.17) is 11.6 Å². The summed E-state index contributed by atoms with van der Waals surface area (Å²) in [7, 11) is 0. The molecule has 0 spiro atoms. The largest absolute Gasteiger partial charge is 0.324 e. The highest BCUT2D eigenvalue weighted by Crippen LogP contribution is 2.19. The minimum absolute atomic E-state index is 0.0934. The summed E-state index contributed by atoms with van der Waals surface area (Å²) in [5, 5.41) is 2.47. The molecule has 0 radical (unpaired) electrons. The van der Waals surface area contributed by atoms with Gasteiger partial charge in [-0.15, -0.1) is 0 Å². The van der Waals surface area contributed by atoms with Crippen molar-refractivity contribution in [2.45, 2.75) is 13.5 Å². The molecule has 0 fully saturated rings. The second-order valence-corrected chi connectivity index (χ2v) is 6.19. The Bertz CT molecular complexity index is 1020. The summed E-state index contributed by atoms with van der Waals surface area (Å²) in [6, 6.07) is 12.9. The summed E-state index contributed by atoms with van der Waals surface area (Å²) in [5.74, 6) is -1.02. The lowest BCUT2D eigenvalue weighted by atomic mass is 10.1. The standard InChI is InChI=1S/C19H15ClFN3O2/c1-12-2-4-13(5-3-12)17-9-19(26)24(11-22-17)10-18(25)23-14-6-7-16(21)15(20)8-14/h2-9,11H,10H2,1H3,(H,23,25). The average Bonchev–Trinajstić information content (AvgIpc) is 2.60. The van der Waals surface area contributed by atoms with Gasteiger partial charge in [0.05, 0.1) is 17.0 Å². The smallest absolute Gasteiger partial charge is 0.254 e. The zero-order valence-corrected chi connectivity index (χ0v) is 14.6. The number of amides is 1. The number of carbonyl (C=O) groups is 1. The number of hydrogen-bond donors (Lipinski definition) is 1. The van der Waals surface area contributed by atoms with Crippen LogP contribution in [0.25, 0.3) is 11.3 Å². The van der Waals surface area contributed by atoms with Crippen molar-refractivity contribution in [2.24, 2.45) is 0 Å². The summed E-state index contributed by atoms with van der Waals surface area (Å²) in [5.41, 5.74) is 2.48. The molecular formula is C19H15ClFN3O2. The van der Waals surface area contributed by atoms with Crippen LogP contribution < -0.4 is 10.9 Å². The van der Waals surface area contributed by atoms with Crippen molar-refractivity contribution >= 4 is 23.2 Å². The van der Waals surface area contributed by atoms with E-state index >= 15 is 0 Å². The SMILES string of the molecule is Cc1ccc(-c2cc(=O)n(CC(=O)Nc3ccc(F)c(Cl)c3)cn2)cc1. The van der Waals surface area contributed by atoms with Gasteiger partial charge < -0.3 is 5.32 Å². The summed E-state index contributed by atoms with van der Waals surface area (Å²) >= 11 is 5.68. The molecule has 3 rings (SSSR count). The van der Waals surface area contributed by atoms with Crippen LogP contribution in [0, 0.1) is 12.7 Å². The van der Waals surface area contributed by atoms with Crippen molar-refractivity contribution in [2.75, 3.05) is 5.32 Å². The van der Waals surface area contributed by atoms with Gasteiger partial charge in [-0.05, 0) is 25.1 Å². The van der Waals surface area contributed by atoms with E-state index in [2.05, 4.69) is 10.3 Å². The van der Waals surface area contributed by atoms with E-state index in [-0.39, 0.29) is 17.1 Å². The molecule has 7 heteroatoms. The predicted octanol–water partition coefficient (Wildman–Crippen LogP) is 3.65. The van der Waals surface area contributed by atoms with Gasteiger partial charge in [0.15, 0.2) is 0 Å². The number of rotatable bonds is 4. The number of carbonyl (C=O) groups excluding carboxylic acids is 1. The van der Waals surface area contributed by atoms with Crippen molar-refractivity contribution in [3.8, 4) is 11.3 Å². The molecule has 0 aliphatic rings. The monoisotopic (exact) mass is 371 g/mol. The van der Waals surface area contributed by atoms with Crippen LogP contribution in [0.4, 0.5) is 10.1 Å². The van der Waals surface area contributed by atoms with Gasteiger partial charge in [-0.1, -0.05) is 41.4 Å². The Labute approximate surface area is 154 Å². The molecule has 0 bridgehead atoms. The second kappa shape index (κ2) is 7.49. The third-order valence-corrected chi connectivity index (χ3v) is 4.03. The number of nitrogens with one attached hydrogen (secondary N) is 1. The molecule has 0 aliphatic carbocycles. The van der Waals surface area contributed by atoms with Crippen molar-refractivity contribution in [3.63, 3.8) is 0 Å². The zero-order valence-electron chi connectivity index (χ0n) is 13.9. The molecule has 3 aromatic rings. The third-order valence-electron chi connectivity index (χ3n) is 3.74. The number of hydrogen-bond acceptors (Lipinski definition) is 3. The maximum absolute atomic E-state index is 13.1. The lowest BCUT2D eigenvalue weighted by Crippen LogP contribution is -2.27. The number of nitrogens with zero attached hydrogens (tertiary/aromatic N) is 2. The fourth-order valence-corrected chi connectivity index (χ4v) is 2.54. The van der Waals surface area contributed by atoms with E-state index in [1.54, 1.807) is 0 Å². The van der Waals surface area contributed by atoms with Gasteiger partial charge in [0.1, 0.15) is 12.4 Å². The van der Waals surface area contributed by atoms with Crippen molar-refractivity contribution in [3.05, 3.63) is 81.6 Å². The van der Waals surface area contributed by atoms with Crippen molar-refractivity contribution in [1.29, 1.82) is 0 Å². The molecule has 26 heavy (non-hydrogen) atoms. The molecule has 2 aromatic carbocycles. The van der Waals surface area contributed by atoms with Gasteiger partial charge in [0.25, 0.3) is 5.56 Å². The average molecular weight is 372 g/mol. The molecule has 1 N–H and O–H groups in total. The minimum Gasteiger partial charge on any atom is -0.324 e. The molecule has 0 unspecified atom stereocenters. The van der Waals surface area contributed by atoms with Gasteiger partial charge in [0, 0.05) is 17.3 Å². The highest BCUT2D eigenvalue weighted by molar-refractivity contribution is 6.31. The van der Waals surface area contributed by atoms with Crippen LogP contribution in [0.5, 0.6) is 0 Å². The van der Waals surface area contributed by atoms with Crippen LogP contribution in [0.1, 0.15) is 5.56 Å². The van der Waals surface area contributed by atoms with E-state index in [0.29, 0.717) is 11.4 Å². The van der Waals surface area contributed by atoms with Crippen molar-refractivity contribution < 1.29 is 9.18 Å². The minimum atomic E-state index is -0.572. The Kier molecular flexibility index (Phi) is 5.14. The Balaban J connectivity index is 1.73. The van der Waals surface area contributed by atoms with Crippen LogP contribution in [-0.4, -0.2) is 15.5 Å². The number of aromatic nitrogens is 2. The number of aryl methyl sites for hydroxylation is 1. The first kappa shape index (κ1) is 17.8. The normalized spacial score (nSPS) is 10.6. The van der Waals surface area contributed by atoms with Gasteiger partial charge in [0.2, 0.25) is 5.91 Å². The summed E-state index contributed by atoms with van der Waals surface area (Å²) < 4.78 is 14.3. The van der Waals surface area contributed by atoms with Crippen LogP contribution >= 0.6 is 11.6 Å². The first-order chi connectivity index (χ1) is 12.4. The van der Waals surface area contributed by atoms with E-state index in [9.17, 15) is 14.0 Å². The van der Waals surface area contributed by atoms with E-state index < -0.39 is 11.7 Å². The number of anilines is 1. The zero-order chi connectivity index (χ0) is 18.7. The molecule has 0 saturated heterocycles. The van der Waals surface area contributed by atoms with E-state index in [0.717, 1.165) is 17.2 Å². The van der Waals surface area contributed by atoms with Crippen LogP contribution in [0.2, 0.25) is 5.02 Å². The Morgan fingerprint density at radius 3 is 2.58 bits per heavy atom. The second-order valence-electron chi connectivity index (χ2n) is 5.78. The predicted molar refractivity (Wildman–Crippen MR) is 98.7 cm³/mol. The lowest BCUT2D eigenvalue weighted by molar-refractivity contribution is -0.116. The number of benzene rings is 2. The topological polar surface area (TPSA) is 64.0 Å². The maximum Gasteiger partial charge on any atom is 0.254 e. The molecule has 1 aromatic heterocycles. The molecular weight excluding hydrogens is 357 g/mol. The summed E-state index contributed by atoms with van der Waals surface area (Å²) in [6.07, 6.45) is 1.33. The summed E-state index contributed by atoms with van der Waals surface area (Å²) in [6.45, 7) is 1.76. The molecule has 0 atom stereocenters. The van der Waals surface area contributed by atoms with Crippen LogP contribution in [0.3, 0.4) is 0 Å². The van der Waals surface area contributed by atoms with Gasteiger partial charge in [-0.25, -0.2) is 9.37 Å². The summed E-state index contributed by atoms with van der Waals surface area (Å²) in [4.78, 5) is 28.6.